The minimum Gasteiger partial charge on any atom is -0.492 e. The number of aliphatic carboxylic acids is 4. The Labute approximate surface area is 248 Å². The van der Waals surface area contributed by atoms with Crippen LogP contribution in [0.2, 0.25) is 0 Å². The molecule has 1 aromatic carbocycles. The number of thioether (sulfide) groups is 1. The molecule has 0 bridgehead atoms. The summed E-state index contributed by atoms with van der Waals surface area (Å²) < 4.78 is 5.75. The normalized spacial score (nSPS) is 15.1. The maximum absolute atomic E-state index is 11.6. The number of nitrogens with one attached hydrogen (secondary N) is 1. The van der Waals surface area contributed by atoms with Crippen molar-refractivity contribution in [2.24, 2.45) is 0 Å². The molecule has 0 aliphatic carbocycles. The molecule has 3 unspecified atom stereocenters. The Morgan fingerprint density at radius 1 is 0.953 bits per heavy atom. The summed E-state index contributed by atoms with van der Waals surface area (Å²) in [6.07, 6.45) is -1.12. The average Bonchev–Trinajstić information content (AvgIpc) is 3.28. The van der Waals surface area contributed by atoms with Crippen LogP contribution in [0.25, 0.3) is 0 Å². The summed E-state index contributed by atoms with van der Waals surface area (Å²) in [5.74, 6) is -4.58. The molecule has 2 amide bonds. The van der Waals surface area contributed by atoms with E-state index in [9.17, 15) is 28.8 Å². The number of carboxylic acids is 4. The molecule has 3 atom stereocenters. The van der Waals surface area contributed by atoms with E-state index in [2.05, 4.69) is 10.3 Å². The topological polar surface area (TPSA) is 261 Å². The number of pyridine rings is 1. The van der Waals surface area contributed by atoms with Gasteiger partial charge in [0, 0.05) is 25.4 Å². The van der Waals surface area contributed by atoms with Crippen LogP contribution in [-0.2, 0) is 30.4 Å². The quantitative estimate of drug-likeness (QED) is 0.154. The first-order valence-electron chi connectivity index (χ1n) is 12.0. The lowest BCUT2D eigenvalue weighted by Gasteiger charge is -2.18. The monoisotopic (exact) mass is 623 g/mol. The summed E-state index contributed by atoms with van der Waals surface area (Å²) in [6, 6.07) is 13.4. The van der Waals surface area contributed by atoms with Gasteiger partial charge in [0.25, 0.3) is 5.24 Å². The van der Waals surface area contributed by atoms with E-state index in [0.717, 1.165) is 35.4 Å². The summed E-state index contributed by atoms with van der Waals surface area (Å²) in [5.41, 5.74) is 1.00. The number of anilines is 1. The SMILES string of the molecule is CN(CCOc1ccc(CC2SC(=O)NC2=O)cc1)c1ccccn1.O=C(O)C(O)C(O)C(=O)O.O=C(O)C=CC(=O)O. The minimum atomic E-state index is -2.27. The Morgan fingerprint density at radius 3 is 1.93 bits per heavy atom. The Bertz CT molecular complexity index is 1250. The fourth-order valence-corrected chi connectivity index (χ4v) is 3.73. The smallest absolute Gasteiger partial charge is 0.335 e. The number of hydrogen-bond acceptors (Lipinski definition) is 12. The molecule has 7 N–H and O–H groups in total. The summed E-state index contributed by atoms with van der Waals surface area (Å²) in [6.45, 7) is 1.27. The van der Waals surface area contributed by atoms with Crippen molar-refractivity contribution >= 4 is 52.6 Å². The number of aromatic nitrogens is 1. The zero-order valence-electron chi connectivity index (χ0n) is 22.5. The van der Waals surface area contributed by atoms with Gasteiger partial charge in [0.2, 0.25) is 5.91 Å². The molecule has 16 nitrogen and oxygen atoms in total. The number of benzene rings is 1. The van der Waals surface area contributed by atoms with Crippen molar-refractivity contribution in [3.8, 4) is 5.75 Å². The van der Waals surface area contributed by atoms with Crippen molar-refractivity contribution in [2.45, 2.75) is 23.9 Å². The van der Waals surface area contributed by atoms with Gasteiger partial charge in [0.05, 0.1) is 11.8 Å². The van der Waals surface area contributed by atoms with E-state index < -0.39 is 36.1 Å². The maximum Gasteiger partial charge on any atom is 0.335 e. The molecule has 1 aliphatic heterocycles. The number of carboxylic acid groups (broad SMARTS) is 4. The van der Waals surface area contributed by atoms with Crippen molar-refractivity contribution in [2.75, 3.05) is 25.1 Å². The van der Waals surface area contributed by atoms with Gasteiger partial charge < -0.3 is 40.3 Å². The Balaban J connectivity index is 0.000000424. The number of imide groups is 1. The molecule has 43 heavy (non-hydrogen) atoms. The zero-order chi connectivity index (χ0) is 32.5. The number of rotatable bonds is 12. The second-order valence-corrected chi connectivity index (χ2v) is 9.44. The van der Waals surface area contributed by atoms with Crippen LogP contribution in [-0.4, -0.2) is 108 Å². The number of ether oxygens (including phenoxy) is 1. The van der Waals surface area contributed by atoms with Crippen LogP contribution in [0.4, 0.5) is 10.6 Å². The van der Waals surface area contributed by atoms with Gasteiger partial charge in [-0.3, -0.25) is 14.9 Å². The first kappa shape index (κ1) is 36.0. The third-order valence-corrected chi connectivity index (χ3v) is 6.00. The molecule has 2 heterocycles. The Kier molecular flexibility index (Phi) is 15.4. The highest BCUT2D eigenvalue weighted by atomic mass is 32.2. The van der Waals surface area contributed by atoms with Crippen LogP contribution in [0.15, 0.2) is 60.8 Å². The molecular weight excluding hydrogens is 594 g/mol. The molecule has 1 fully saturated rings. The van der Waals surface area contributed by atoms with E-state index in [1.54, 1.807) is 6.20 Å². The molecular formula is C26H29N3O13S. The van der Waals surface area contributed by atoms with Crippen molar-refractivity contribution in [1.82, 2.24) is 10.3 Å². The van der Waals surface area contributed by atoms with Gasteiger partial charge in [0.1, 0.15) is 18.2 Å². The van der Waals surface area contributed by atoms with Crippen LogP contribution in [0.1, 0.15) is 5.56 Å². The molecule has 3 rings (SSSR count). The highest BCUT2D eigenvalue weighted by molar-refractivity contribution is 8.15. The van der Waals surface area contributed by atoms with E-state index >= 15 is 0 Å². The molecule has 0 spiro atoms. The number of amides is 2. The second kappa shape index (κ2) is 18.4. The van der Waals surface area contributed by atoms with Gasteiger partial charge in [-0.2, -0.15) is 0 Å². The highest BCUT2D eigenvalue weighted by Crippen LogP contribution is 2.24. The van der Waals surface area contributed by atoms with Gasteiger partial charge >= 0.3 is 23.9 Å². The van der Waals surface area contributed by atoms with E-state index in [-0.39, 0.29) is 16.4 Å². The number of likely N-dealkylation sites (N-methyl/N-ethyl adjacent to an activating group) is 1. The molecule has 2 aromatic rings. The first-order valence-corrected chi connectivity index (χ1v) is 12.9. The Hall–Kier alpha value is -5.00. The zero-order valence-corrected chi connectivity index (χ0v) is 23.3. The van der Waals surface area contributed by atoms with Crippen LogP contribution < -0.4 is 15.0 Å². The van der Waals surface area contributed by atoms with Crippen molar-refractivity contribution < 1.29 is 64.1 Å². The number of carbonyl (C=O) groups is 6. The van der Waals surface area contributed by atoms with Crippen LogP contribution in [0, 0.1) is 0 Å². The third-order valence-electron chi connectivity index (χ3n) is 5.02. The maximum atomic E-state index is 11.6. The van der Waals surface area contributed by atoms with Crippen molar-refractivity contribution in [3.63, 3.8) is 0 Å². The molecule has 1 saturated heterocycles. The van der Waals surface area contributed by atoms with Gasteiger partial charge in [-0.15, -0.1) is 0 Å². The van der Waals surface area contributed by atoms with Gasteiger partial charge in [-0.25, -0.2) is 24.2 Å². The van der Waals surface area contributed by atoms with E-state index in [4.69, 9.17) is 35.4 Å². The minimum absolute atomic E-state index is 0.215. The molecule has 232 valence electrons. The predicted octanol–water partition coefficient (Wildman–Crippen LogP) is 0.0801. The van der Waals surface area contributed by atoms with Gasteiger partial charge in [0.15, 0.2) is 12.2 Å². The fraction of sp³-hybridized carbons (Fsp3) is 0.269. The van der Waals surface area contributed by atoms with Gasteiger partial charge in [-0.1, -0.05) is 30.0 Å². The first-order chi connectivity index (χ1) is 20.2. The summed E-state index contributed by atoms with van der Waals surface area (Å²) in [4.78, 5) is 67.7. The summed E-state index contributed by atoms with van der Waals surface area (Å²) in [5, 5.41) is 49.8. The predicted molar refractivity (Wildman–Crippen MR) is 150 cm³/mol. The average molecular weight is 624 g/mol. The lowest BCUT2D eigenvalue weighted by atomic mass is 10.1. The van der Waals surface area contributed by atoms with Crippen LogP contribution in [0.3, 0.4) is 0 Å². The van der Waals surface area contributed by atoms with E-state index in [1.807, 2.05) is 54.4 Å². The van der Waals surface area contributed by atoms with Crippen molar-refractivity contribution in [3.05, 3.63) is 66.4 Å². The summed E-state index contributed by atoms with van der Waals surface area (Å²) in [7, 11) is 1.97. The van der Waals surface area contributed by atoms with E-state index in [1.165, 1.54) is 0 Å². The lowest BCUT2D eigenvalue weighted by molar-refractivity contribution is -0.165. The van der Waals surface area contributed by atoms with Crippen LogP contribution >= 0.6 is 11.8 Å². The number of carbonyl (C=O) groups excluding carboxylic acids is 2. The molecule has 1 aromatic heterocycles. The van der Waals surface area contributed by atoms with Crippen LogP contribution in [0.5, 0.6) is 5.75 Å². The molecule has 0 saturated carbocycles. The summed E-state index contributed by atoms with van der Waals surface area (Å²) >= 11 is 1.05. The lowest BCUT2D eigenvalue weighted by Crippen LogP contribution is -2.39. The second-order valence-electron chi connectivity index (χ2n) is 8.27. The largest absolute Gasteiger partial charge is 0.492 e. The van der Waals surface area contributed by atoms with E-state index in [0.29, 0.717) is 25.2 Å². The number of aliphatic hydroxyl groups is 2. The fourth-order valence-electron chi connectivity index (χ4n) is 2.87. The number of nitrogens with zero attached hydrogens (tertiary/aromatic N) is 2. The number of aliphatic hydroxyl groups excluding tert-OH is 2. The Morgan fingerprint density at radius 2 is 1.51 bits per heavy atom. The van der Waals surface area contributed by atoms with Gasteiger partial charge in [-0.05, 0) is 36.2 Å². The standard InChI is InChI=1S/C18H19N3O3S.C4H6O6.C4H4O4/c1-21(16-4-2-3-9-19-16)10-11-24-14-7-5-13(6-8-14)12-15-17(22)20-18(23)25-15;5-1(3(7)8)2(6)4(9)10;5-3(6)1-2-4(7)8/h2-9,15H,10-12H2,1H3,(H,20,22,23);1-2,5-6H,(H,7,8)(H,9,10);1-2H,(H,5,6)(H,7,8). The molecule has 1 aliphatic rings. The molecule has 17 heteroatoms. The number of hydrogen-bond donors (Lipinski definition) is 7. The third kappa shape index (κ3) is 14.5. The highest BCUT2D eigenvalue weighted by Gasteiger charge is 2.31. The molecule has 0 radical (unpaired) electrons. The van der Waals surface area contributed by atoms with Crippen molar-refractivity contribution in [1.29, 1.82) is 0 Å².